The summed E-state index contributed by atoms with van der Waals surface area (Å²) < 4.78 is 2.50. The molecule has 0 aliphatic carbocycles. The van der Waals surface area contributed by atoms with Crippen molar-refractivity contribution >= 4 is 39.8 Å². The minimum Gasteiger partial charge on any atom is -0.238 e. The second-order valence-corrected chi connectivity index (χ2v) is 10.2. The predicted octanol–water partition coefficient (Wildman–Crippen LogP) is 2.45. The standard InChI is InChI=1S/C6H10BrNSSi/c1-10(2,3)6-5(7)8-4-9-6/h4H,1-3H3. The zero-order valence-corrected chi connectivity index (χ0v) is 9.71. The number of nitrogens with zero attached hydrogens (tertiary/aromatic N) is 1. The molecule has 1 heterocycles. The van der Waals surface area contributed by atoms with Crippen LogP contribution in [-0.4, -0.2) is 13.1 Å². The lowest BCUT2D eigenvalue weighted by atomic mass is 11.0. The lowest BCUT2D eigenvalue weighted by Crippen LogP contribution is -2.36. The Morgan fingerprint density at radius 3 is 2.30 bits per heavy atom. The van der Waals surface area contributed by atoms with Gasteiger partial charge in [0.15, 0.2) is 0 Å². The van der Waals surface area contributed by atoms with Crippen LogP contribution < -0.4 is 4.50 Å². The molecule has 0 aromatic carbocycles. The van der Waals surface area contributed by atoms with Gasteiger partial charge in [-0.25, -0.2) is 4.98 Å². The molecule has 56 valence electrons. The van der Waals surface area contributed by atoms with Crippen molar-refractivity contribution < 1.29 is 0 Å². The van der Waals surface area contributed by atoms with Crippen LogP contribution in [0.4, 0.5) is 0 Å². The maximum Gasteiger partial charge on any atom is 0.115 e. The van der Waals surface area contributed by atoms with E-state index in [1.165, 1.54) is 4.50 Å². The van der Waals surface area contributed by atoms with E-state index < -0.39 is 8.07 Å². The average Bonchev–Trinajstić information content (AvgIpc) is 2.11. The van der Waals surface area contributed by atoms with E-state index in [-0.39, 0.29) is 0 Å². The average molecular weight is 236 g/mol. The second kappa shape index (κ2) is 2.75. The Labute approximate surface area is 74.6 Å². The Morgan fingerprint density at radius 2 is 2.10 bits per heavy atom. The fraction of sp³-hybridized carbons (Fsp3) is 0.500. The molecule has 0 fully saturated rings. The number of aromatic nitrogens is 1. The molecule has 1 nitrogen and oxygen atoms in total. The summed E-state index contributed by atoms with van der Waals surface area (Å²) in [4.78, 5) is 4.15. The van der Waals surface area contributed by atoms with Gasteiger partial charge in [0.25, 0.3) is 0 Å². The van der Waals surface area contributed by atoms with Crippen molar-refractivity contribution in [1.29, 1.82) is 0 Å². The first-order valence-electron chi connectivity index (χ1n) is 3.11. The summed E-state index contributed by atoms with van der Waals surface area (Å²) in [7, 11) is -1.12. The van der Waals surface area contributed by atoms with Crippen LogP contribution in [0.1, 0.15) is 0 Å². The Kier molecular flexibility index (Phi) is 2.32. The van der Waals surface area contributed by atoms with Crippen molar-refractivity contribution in [3.05, 3.63) is 10.1 Å². The molecule has 0 saturated carbocycles. The Balaban J connectivity index is 3.05. The molecule has 0 amide bonds. The van der Waals surface area contributed by atoms with E-state index in [9.17, 15) is 0 Å². The highest BCUT2D eigenvalue weighted by molar-refractivity contribution is 9.10. The van der Waals surface area contributed by atoms with Gasteiger partial charge in [0.1, 0.15) is 4.60 Å². The van der Waals surface area contributed by atoms with Crippen LogP contribution in [0, 0.1) is 0 Å². The fourth-order valence-corrected chi connectivity index (χ4v) is 5.69. The van der Waals surface area contributed by atoms with Crippen LogP contribution in [0.2, 0.25) is 19.6 Å². The molecule has 0 atom stereocenters. The second-order valence-electron chi connectivity index (χ2n) is 3.22. The first kappa shape index (κ1) is 8.42. The maximum atomic E-state index is 4.15. The highest BCUT2D eigenvalue weighted by Crippen LogP contribution is 2.14. The van der Waals surface area contributed by atoms with Crippen LogP contribution in [0.3, 0.4) is 0 Å². The molecule has 10 heavy (non-hydrogen) atoms. The maximum absolute atomic E-state index is 4.15. The molecule has 1 rings (SSSR count). The number of halogens is 1. The van der Waals surface area contributed by atoms with E-state index in [0.29, 0.717) is 0 Å². The quantitative estimate of drug-likeness (QED) is 0.682. The summed E-state index contributed by atoms with van der Waals surface area (Å²) in [5.41, 5.74) is 1.90. The van der Waals surface area contributed by atoms with Crippen molar-refractivity contribution in [2.45, 2.75) is 19.6 Å². The molecule has 0 N–H and O–H groups in total. The molecule has 4 heteroatoms. The number of rotatable bonds is 1. The van der Waals surface area contributed by atoms with Gasteiger partial charge in [-0.1, -0.05) is 19.6 Å². The summed E-state index contributed by atoms with van der Waals surface area (Å²) in [6.07, 6.45) is 0. The van der Waals surface area contributed by atoms with Gasteiger partial charge >= 0.3 is 0 Å². The minimum atomic E-state index is -1.12. The lowest BCUT2D eigenvalue weighted by molar-refractivity contribution is 1.37. The number of hydrogen-bond acceptors (Lipinski definition) is 2. The molecule has 0 aliphatic rings. The Bertz CT molecular complexity index is 228. The zero-order valence-electron chi connectivity index (χ0n) is 6.31. The van der Waals surface area contributed by atoms with Gasteiger partial charge in [-0.05, 0) is 15.9 Å². The summed E-state index contributed by atoms with van der Waals surface area (Å²) in [5.74, 6) is 0. The van der Waals surface area contributed by atoms with E-state index in [1.807, 2.05) is 5.51 Å². The van der Waals surface area contributed by atoms with E-state index >= 15 is 0 Å². The fourth-order valence-electron chi connectivity index (χ4n) is 0.719. The van der Waals surface area contributed by atoms with Crippen LogP contribution in [0.15, 0.2) is 10.1 Å². The first-order chi connectivity index (χ1) is 4.52. The molecular formula is C6H10BrNSSi. The Morgan fingerprint density at radius 1 is 1.50 bits per heavy atom. The largest absolute Gasteiger partial charge is 0.238 e. The molecule has 0 bridgehead atoms. The molecule has 0 spiro atoms. The van der Waals surface area contributed by atoms with E-state index in [4.69, 9.17) is 0 Å². The SMILES string of the molecule is C[Si](C)(C)c1scnc1Br. The summed E-state index contributed by atoms with van der Waals surface area (Å²) >= 11 is 5.20. The van der Waals surface area contributed by atoms with E-state index in [1.54, 1.807) is 11.3 Å². The Hall–Kier alpha value is 0.327. The highest BCUT2D eigenvalue weighted by atomic mass is 79.9. The van der Waals surface area contributed by atoms with Crippen LogP contribution in [0.25, 0.3) is 0 Å². The van der Waals surface area contributed by atoms with Crippen LogP contribution in [0.5, 0.6) is 0 Å². The third-order valence-corrected chi connectivity index (χ3v) is 6.86. The van der Waals surface area contributed by atoms with Crippen molar-refractivity contribution in [3.63, 3.8) is 0 Å². The van der Waals surface area contributed by atoms with Gasteiger partial charge in [0, 0.05) is 4.50 Å². The molecule has 0 aliphatic heterocycles. The monoisotopic (exact) mass is 235 g/mol. The van der Waals surface area contributed by atoms with E-state index in [2.05, 4.69) is 40.6 Å². The predicted molar refractivity (Wildman–Crippen MR) is 52.8 cm³/mol. The molecule has 1 aromatic heterocycles. The topological polar surface area (TPSA) is 12.9 Å². The molecule has 1 aromatic rings. The summed E-state index contributed by atoms with van der Waals surface area (Å²) in [6, 6.07) is 0. The van der Waals surface area contributed by atoms with Crippen molar-refractivity contribution in [3.8, 4) is 0 Å². The van der Waals surface area contributed by atoms with Crippen LogP contribution in [-0.2, 0) is 0 Å². The van der Waals surface area contributed by atoms with Crippen molar-refractivity contribution in [2.24, 2.45) is 0 Å². The van der Waals surface area contributed by atoms with Gasteiger partial charge in [-0.2, -0.15) is 0 Å². The molecule has 0 saturated heterocycles. The van der Waals surface area contributed by atoms with Crippen molar-refractivity contribution in [1.82, 2.24) is 4.98 Å². The van der Waals surface area contributed by atoms with Gasteiger partial charge in [0.05, 0.1) is 13.6 Å². The zero-order chi connectivity index (χ0) is 7.78. The first-order valence-corrected chi connectivity index (χ1v) is 8.28. The lowest BCUT2D eigenvalue weighted by Gasteiger charge is -2.12. The molecule has 0 unspecified atom stereocenters. The summed E-state index contributed by atoms with van der Waals surface area (Å²) in [5, 5.41) is 0. The normalized spacial score (nSPS) is 12.0. The molecular weight excluding hydrogens is 226 g/mol. The molecule has 0 radical (unpaired) electrons. The van der Waals surface area contributed by atoms with Gasteiger partial charge in [0.2, 0.25) is 0 Å². The smallest absolute Gasteiger partial charge is 0.115 e. The summed E-state index contributed by atoms with van der Waals surface area (Å²) in [6.45, 7) is 6.97. The van der Waals surface area contributed by atoms with Gasteiger partial charge in [-0.3, -0.25) is 0 Å². The number of hydrogen-bond donors (Lipinski definition) is 0. The third-order valence-electron chi connectivity index (χ3n) is 1.21. The third kappa shape index (κ3) is 1.68. The van der Waals surface area contributed by atoms with Gasteiger partial charge in [-0.15, -0.1) is 11.3 Å². The van der Waals surface area contributed by atoms with Crippen molar-refractivity contribution in [2.75, 3.05) is 0 Å². The highest BCUT2D eigenvalue weighted by Gasteiger charge is 2.21. The number of thiazole rings is 1. The van der Waals surface area contributed by atoms with E-state index in [0.717, 1.165) is 4.60 Å². The minimum absolute atomic E-state index is 1.05. The van der Waals surface area contributed by atoms with Crippen LogP contribution >= 0.6 is 27.3 Å². The van der Waals surface area contributed by atoms with Gasteiger partial charge < -0.3 is 0 Å².